The highest BCUT2D eigenvalue weighted by Crippen LogP contribution is 2.37. The molecule has 4 nitrogen and oxygen atoms in total. The van der Waals surface area contributed by atoms with E-state index in [1.165, 1.54) is 0 Å². The molecular weight excluding hydrogens is 264 g/mol. The van der Waals surface area contributed by atoms with E-state index in [1.54, 1.807) is 12.4 Å². The summed E-state index contributed by atoms with van der Waals surface area (Å²) < 4.78 is 5.68. The van der Waals surface area contributed by atoms with Gasteiger partial charge in [0.05, 0.1) is 17.9 Å². The van der Waals surface area contributed by atoms with Gasteiger partial charge in [-0.1, -0.05) is 6.92 Å². The number of hydrogen-bond acceptors (Lipinski definition) is 4. The van der Waals surface area contributed by atoms with Crippen LogP contribution in [0.3, 0.4) is 0 Å². The SMILES string of the molecule is CCCNC1CCC(O)(c2cncc(OC(C)C)c2)CC1. The van der Waals surface area contributed by atoms with Crippen LogP contribution in [0.2, 0.25) is 0 Å². The average molecular weight is 292 g/mol. The van der Waals surface area contributed by atoms with E-state index in [1.807, 2.05) is 19.9 Å². The van der Waals surface area contributed by atoms with Crippen LogP contribution in [-0.2, 0) is 5.60 Å². The minimum absolute atomic E-state index is 0.116. The van der Waals surface area contributed by atoms with Gasteiger partial charge in [-0.05, 0) is 58.6 Å². The Balaban J connectivity index is 2.01. The van der Waals surface area contributed by atoms with Gasteiger partial charge in [-0.25, -0.2) is 0 Å². The summed E-state index contributed by atoms with van der Waals surface area (Å²) in [5.74, 6) is 0.738. The second-order valence-corrected chi connectivity index (χ2v) is 6.34. The summed E-state index contributed by atoms with van der Waals surface area (Å²) in [5.41, 5.74) is 0.128. The summed E-state index contributed by atoms with van der Waals surface area (Å²) in [6.07, 6.45) is 8.32. The van der Waals surface area contributed by atoms with E-state index in [0.29, 0.717) is 6.04 Å². The molecule has 0 amide bonds. The number of nitrogens with one attached hydrogen (secondary N) is 1. The topological polar surface area (TPSA) is 54.4 Å². The summed E-state index contributed by atoms with van der Waals surface area (Å²) in [5, 5.41) is 14.5. The molecule has 0 radical (unpaired) electrons. The van der Waals surface area contributed by atoms with Gasteiger partial charge < -0.3 is 15.2 Å². The molecule has 0 spiro atoms. The Kier molecular flexibility index (Phi) is 5.59. The molecule has 1 heterocycles. The van der Waals surface area contributed by atoms with Crippen molar-refractivity contribution >= 4 is 0 Å². The molecule has 2 N–H and O–H groups in total. The first-order valence-corrected chi connectivity index (χ1v) is 8.11. The van der Waals surface area contributed by atoms with Crippen molar-refractivity contribution in [2.24, 2.45) is 0 Å². The predicted octanol–water partition coefficient (Wildman–Crippen LogP) is 3.00. The van der Waals surface area contributed by atoms with E-state index in [2.05, 4.69) is 17.2 Å². The number of aromatic nitrogens is 1. The van der Waals surface area contributed by atoms with Gasteiger partial charge >= 0.3 is 0 Å². The lowest BCUT2D eigenvalue weighted by atomic mass is 9.78. The summed E-state index contributed by atoms with van der Waals surface area (Å²) in [4.78, 5) is 4.23. The molecule has 0 saturated heterocycles. The van der Waals surface area contributed by atoms with Crippen molar-refractivity contribution in [2.45, 2.75) is 70.6 Å². The van der Waals surface area contributed by atoms with Gasteiger partial charge in [-0.3, -0.25) is 4.98 Å². The van der Waals surface area contributed by atoms with Crippen LogP contribution in [0.1, 0.15) is 58.4 Å². The zero-order valence-electron chi connectivity index (χ0n) is 13.4. The van der Waals surface area contributed by atoms with Gasteiger partial charge in [0.25, 0.3) is 0 Å². The smallest absolute Gasteiger partial charge is 0.138 e. The Hall–Kier alpha value is -1.13. The van der Waals surface area contributed by atoms with Crippen LogP contribution in [0, 0.1) is 0 Å². The molecule has 118 valence electrons. The summed E-state index contributed by atoms with van der Waals surface area (Å²) in [7, 11) is 0. The Morgan fingerprint density at radius 2 is 2.10 bits per heavy atom. The Morgan fingerprint density at radius 3 is 2.71 bits per heavy atom. The minimum atomic E-state index is -0.756. The van der Waals surface area contributed by atoms with Crippen molar-refractivity contribution in [1.29, 1.82) is 0 Å². The van der Waals surface area contributed by atoms with Crippen LogP contribution in [0.25, 0.3) is 0 Å². The maximum absolute atomic E-state index is 10.9. The van der Waals surface area contributed by atoms with Crippen LogP contribution in [0.5, 0.6) is 5.75 Å². The van der Waals surface area contributed by atoms with Crippen LogP contribution >= 0.6 is 0 Å². The van der Waals surface area contributed by atoms with Crippen molar-refractivity contribution in [2.75, 3.05) is 6.54 Å². The lowest BCUT2D eigenvalue weighted by Crippen LogP contribution is -2.40. The molecule has 1 aliphatic carbocycles. The molecule has 4 heteroatoms. The largest absolute Gasteiger partial charge is 0.489 e. The number of rotatable bonds is 6. The van der Waals surface area contributed by atoms with E-state index in [9.17, 15) is 5.11 Å². The van der Waals surface area contributed by atoms with E-state index in [0.717, 1.165) is 50.0 Å². The van der Waals surface area contributed by atoms with Gasteiger partial charge in [0.2, 0.25) is 0 Å². The normalized spacial score (nSPS) is 26.0. The number of ether oxygens (including phenoxy) is 1. The fourth-order valence-corrected chi connectivity index (χ4v) is 2.95. The van der Waals surface area contributed by atoms with Crippen LogP contribution in [0.15, 0.2) is 18.5 Å². The van der Waals surface area contributed by atoms with E-state index in [4.69, 9.17) is 4.74 Å². The highest BCUT2D eigenvalue weighted by atomic mass is 16.5. The second-order valence-electron chi connectivity index (χ2n) is 6.34. The monoisotopic (exact) mass is 292 g/mol. The zero-order valence-corrected chi connectivity index (χ0v) is 13.4. The number of hydrogen-bond donors (Lipinski definition) is 2. The fraction of sp³-hybridized carbons (Fsp3) is 0.706. The van der Waals surface area contributed by atoms with Crippen LogP contribution in [0.4, 0.5) is 0 Å². The molecule has 0 aliphatic heterocycles. The Bertz CT molecular complexity index is 440. The van der Waals surface area contributed by atoms with E-state index in [-0.39, 0.29) is 6.10 Å². The van der Waals surface area contributed by atoms with Gasteiger partial charge in [0.15, 0.2) is 0 Å². The first kappa shape index (κ1) is 16.2. The molecule has 0 atom stereocenters. The van der Waals surface area contributed by atoms with Crippen molar-refractivity contribution < 1.29 is 9.84 Å². The summed E-state index contributed by atoms with van der Waals surface area (Å²) in [6.45, 7) is 7.22. The van der Waals surface area contributed by atoms with Crippen molar-refractivity contribution in [3.63, 3.8) is 0 Å². The molecule has 21 heavy (non-hydrogen) atoms. The molecule has 1 fully saturated rings. The lowest BCUT2D eigenvalue weighted by Gasteiger charge is -2.36. The molecule has 1 aliphatic rings. The molecule has 1 aromatic heterocycles. The molecule has 0 bridgehead atoms. The highest BCUT2D eigenvalue weighted by molar-refractivity contribution is 5.28. The zero-order chi connectivity index (χ0) is 15.3. The third kappa shape index (κ3) is 4.42. The van der Waals surface area contributed by atoms with Gasteiger partial charge in [0, 0.05) is 17.8 Å². The van der Waals surface area contributed by atoms with Gasteiger partial charge in [0.1, 0.15) is 5.75 Å². The molecule has 0 aromatic carbocycles. The van der Waals surface area contributed by atoms with E-state index >= 15 is 0 Å². The highest BCUT2D eigenvalue weighted by Gasteiger charge is 2.35. The van der Waals surface area contributed by atoms with Gasteiger partial charge in [-0.2, -0.15) is 0 Å². The molecule has 1 aromatic rings. The lowest BCUT2D eigenvalue weighted by molar-refractivity contribution is -0.00881. The maximum atomic E-state index is 10.9. The molecule has 2 rings (SSSR count). The van der Waals surface area contributed by atoms with Crippen molar-refractivity contribution in [3.8, 4) is 5.75 Å². The summed E-state index contributed by atoms with van der Waals surface area (Å²) in [6, 6.07) is 2.47. The Morgan fingerprint density at radius 1 is 1.38 bits per heavy atom. The fourth-order valence-electron chi connectivity index (χ4n) is 2.95. The summed E-state index contributed by atoms with van der Waals surface area (Å²) >= 11 is 0. The van der Waals surface area contributed by atoms with Crippen molar-refractivity contribution in [3.05, 3.63) is 24.0 Å². The number of pyridine rings is 1. The minimum Gasteiger partial charge on any atom is -0.489 e. The van der Waals surface area contributed by atoms with Crippen molar-refractivity contribution in [1.82, 2.24) is 10.3 Å². The third-order valence-corrected chi connectivity index (χ3v) is 4.12. The van der Waals surface area contributed by atoms with Gasteiger partial charge in [-0.15, -0.1) is 0 Å². The molecular formula is C17H28N2O2. The molecule has 0 unspecified atom stereocenters. The number of aliphatic hydroxyl groups is 1. The first-order chi connectivity index (χ1) is 10.0. The number of nitrogens with zero attached hydrogens (tertiary/aromatic N) is 1. The first-order valence-electron chi connectivity index (χ1n) is 8.11. The third-order valence-electron chi connectivity index (χ3n) is 4.12. The van der Waals surface area contributed by atoms with Crippen LogP contribution in [-0.4, -0.2) is 28.8 Å². The second kappa shape index (κ2) is 7.23. The maximum Gasteiger partial charge on any atom is 0.138 e. The predicted molar refractivity (Wildman–Crippen MR) is 84.4 cm³/mol. The standard InChI is InChI=1S/C17H28N2O2/c1-4-9-19-15-5-7-17(20,8-6-15)14-10-16(12-18-11-14)21-13(2)3/h10-13,15,19-20H,4-9H2,1-3H3. The quantitative estimate of drug-likeness (QED) is 0.846. The molecule has 1 saturated carbocycles. The average Bonchev–Trinajstić information content (AvgIpc) is 2.46. The van der Waals surface area contributed by atoms with E-state index < -0.39 is 5.60 Å². The van der Waals surface area contributed by atoms with Crippen LogP contribution < -0.4 is 10.1 Å². The Labute approximate surface area is 127 Å².